The highest BCUT2D eigenvalue weighted by molar-refractivity contribution is 7.89. The average molecular weight is 392 g/mol. The van der Waals surface area contributed by atoms with Crippen molar-refractivity contribution in [1.82, 2.24) is 9.29 Å². The predicted molar refractivity (Wildman–Crippen MR) is 108 cm³/mol. The van der Waals surface area contributed by atoms with Crippen LogP contribution in [0.1, 0.15) is 51.9 Å². The van der Waals surface area contributed by atoms with Crippen molar-refractivity contribution in [3.8, 4) is 0 Å². The van der Waals surface area contributed by atoms with Gasteiger partial charge in [0.2, 0.25) is 10.0 Å². The van der Waals surface area contributed by atoms with Gasteiger partial charge in [-0.3, -0.25) is 4.79 Å². The number of H-pyrrole nitrogens is 1. The van der Waals surface area contributed by atoms with Gasteiger partial charge < -0.3 is 10.7 Å². The number of hydrogen-bond acceptors (Lipinski definition) is 4. The van der Waals surface area contributed by atoms with Gasteiger partial charge in [0.05, 0.1) is 11.1 Å². The summed E-state index contributed by atoms with van der Waals surface area (Å²) in [6.07, 6.45) is 8.35. The molecule has 6 nitrogen and oxygen atoms in total. The second-order valence-corrected chi connectivity index (χ2v) is 9.24. The molecule has 2 aromatic rings. The van der Waals surface area contributed by atoms with Gasteiger partial charge in [-0.1, -0.05) is 38.7 Å². The molecule has 1 saturated heterocycles. The van der Waals surface area contributed by atoms with Gasteiger partial charge in [0.1, 0.15) is 0 Å². The Hall–Kier alpha value is -1.70. The van der Waals surface area contributed by atoms with E-state index in [-0.39, 0.29) is 16.4 Å². The number of benzene rings is 1. The zero-order valence-electron chi connectivity index (χ0n) is 15.9. The largest absolute Gasteiger partial charge is 0.329 e. The molecular weight excluding hydrogens is 362 g/mol. The molecule has 0 spiro atoms. The highest BCUT2D eigenvalue weighted by atomic mass is 32.2. The van der Waals surface area contributed by atoms with E-state index < -0.39 is 16.2 Å². The zero-order valence-corrected chi connectivity index (χ0v) is 16.7. The van der Waals surface area contributed by atoms with Crippen molar-refractivity contribution in [2.75, 3.05) is 6.54 Å². The summed E-state index contributed by atoms with van der Waals surface area (Å²) in [4.78, 5) is 14.8. The molecule has 1 aliphatic heterocycles. The first-order valence-electron chi connectivity index (χ1n) is 9.84. The van der Waals surface area contributed by atoms with Gasteiger partial charge in [-0.05, 0) is 43.4 Å². The van der Waals surface area contributed by atoms with E-state index >= 15 is 0 Å². The predicted octanol–water partition coefficient (Wildman–Crippen LogP) is 3.18. The summed E-state index contributed by atoms with van der Waals surface area (Å²) < 4.78 is 28.2. The Balaban J connectivity index is 1.88. The number of hydrogen-bond donors (Lipinski definition) is 2. The molecule has 0 radical (unpaired) electrons. The minimum absolute atomic E-state index is 0.160. The highest BCUT2D eigenvalue weighted by Gasteiger charge is 2.37. The van der Waals surface area contributed by atoms with Crippen LogP contribution >= 0.6 is 0 Å². The van der Waals surface area contributed by atoms with Crippen molar-refractivity contribution >= 4 is 20.8 Å². The van der Waals surface area contributed by atoms with E-state index in [0.29, 0.717) is 17.3 Å². The number of nitrogens with two attached hydrogens (primary N) is 1. The number of sulfonamides is 1. The van der Waals surface area contributed by atoms with Crippen molar-refractivity contribution in [3.05, 3.63) is 40.8 Å². The summed E-state index contributed by atoms with van der Waals surface area (Å²) in [6, 6.07) is 6.46. The van der Waals surface area contributed by atoms with E-state index in [1.165, 1.54) is 29.8 Å². The van der Waals surface area contributed by atoms with Gasteiger partial charge >= 0.3 is 0 Å². The van der Waals surface area contributed by atoms with Crippen LogP contribution in [0, 0.1) is 5.92 Å². The van der Waals surface area contributed by atoms with E-state index in [2.05, 4.69) is 11.9 Å². The Labute approximate surface area is 160 Å². The first-order valence-corrected chi connectivity index (χ1v) is 11.3. The summed E-state index contributed by atoms with van der Waals surface area (Å²) in [5, 5.41) is 0.818. The third-order valence-electron chi connectivity index (χ3n) is 5.56. The Morgan fingerprint density at radius 1 is 1.19 bits per heavy atom. The first kappa shape index (κ1) is 20.0. The van der Waals surface area contributed by atoms with Crippen LogP contribution in [0.2, 0.25) is 0 Å². The van der Waals surface area contributed by atoms with E-state index in [1.807, 2.05) is 0 Å². The van der Waals surface area contributed by atoms with Gasteiger partial charge in [0, 0.05) is 23.5 Å². The summed E-state index contributed by atoms with van der Waals surface area (Å²) >= 11 is 0. The van der Waals surface area contributed by atoms with E-state index in [9.17, 15) is 13.2 Å². The van der Waals surface area contributed by atoms with Crippen LogP contribution in [0.3, 0.4) is 0 Å². The number of aromatic nitrogens is 1. The summed E-state index contributed by atoms with van der Waals surface area (Å²) in [5.41, 5.74) is 6.12. The lowest BCUT2D eigenvalue weighted by molar-refractivity contribution is 0.168. The standard InChI is InChI=1S/C20H29N3O3S/c1-2-3-4-5-8-15-9-7-14-23(19(15)21)27(25,26)18-11-6-10-17-16(18)12-13-22-20(17)24/h6,10-13,15,19H,2-5,7-9,14,21H2,1H3,(H,22,24). The molecular formula is C20H29N3O3S. The monoisotopic (exact) mass is 391 g/mol. The first-order chi connectivity index (χ1) is 13.0. The molecule has 0 bridgehead atoms. The highest BCUT2D eigenvalue weighted by Crippen LogP contribution is 2.32. The number of pyridine rings is 1. The van der Waals surface area contributed by atoms with Crippen molar-refractivity contribution in [1.29, 1.82) is 0 Å². The van der Waals surface area contributed by atoms with Crippen molar-refractivity contribution in [2.45, 2.75) is 62.9 Å². The fourth-order valence-electron chi connectivity index (χ4n) is 4.04. The number of rotatable bonds is 7. The van der Waals surface area contributed by atoms with Crippen LogP contribution in [-0.2, 0) is 10.0 Å². The fourth-order valence-corrected chi connectivity index (χ4v) is 5.86. The number of unbranched alkanes of at least 4 members (excludes halogenated alkanes) is 3. The lowest BCUT2D eigenvalue weighted by Gasteiger charge is -2.38. The summed E-state index contributed by atoms with van der Waals surface area (Å²) in [6.45, 7) is 2.60. The molecule has 2 heterocycles. The maximum atomic E-state index is 13.4. The second kappa shape index (κ2) is 8.54. The van der Waals surface area contributed by atoms with Crippen LogP contribution in [0.25, 0.3) is 10.8 Å². The summed E-state index contributed by atoms with van der Waals surface area (Å²) in [5.74, 6) is 0.184. The number of nitrogens with one attached hydrogen (secondary N) is 1. The molecule has 0 aliphatic carbocycles. The van der Waals surface area contributed by atoms with Crippen molar-refractivity contribution in [3.63, 3.8) is 0 Å². The SMILES string of the molecule is CCCCCCC1CCCN(S(=O)(=O)c2cccc3c(=O)[nH]ccc23)C1N. The van der Waals surface area contributed by atoms with E-state index in [4.69, 9.17) is 5.73 Å². The van der Waals surface area contributed by atoms with Crippen molar-refractivity contribution in [2.24, 2.45) is 11.7 Å². The molecule has 1 aromatic carbocycles. The summed E-state index contributed by atoms with van der Waals surface area (Å²) in [7, 11) is -3.77. The number of nitrogens with zero attached hydrogens (tertiary/aromatic N) is 1. The lowest BCUT2D eigenvalue weighted by atomic mass is 9.90. The Morgan fingerprint density at radius 3 is 2.78 bits per heavy atom. The molecule has 2 unspecified atom stereocenters. The van der Waals surface area contributed by atoms with Crippen LogP contribution in [0.5, 0.6) is 0 Å². The topological polar surface area (TPSA) is 96.3 Å². The smallest absolute Gasteiger partial charge is 0.255 e. The Kier molecular flexibility index (Phi) is 6.34. The van der Waals surface area contributed by atoms with Crippen molar-refractivity contribution < 1.29 is 8.42 Å². The van der Waals surface area contributed by atoms with Crippen LogP contribution in [-0.4, -0.2) is 30.4 Å². The normalized spacial score (nSPS) is 21.6. The quantitative estimate of drug-likeness (QED) is 0.709. The van der Waals surface area contributed by atoms with Crippen LogP contribution in [0.4, 0.5) is 0 Å². The van der Waals surface area contributed by atoms with Crippen LogP contribution in [0.15, 0.2) is 40.2 Å². The molecule has 1 aromatic heterocycles. The van der Waals surface area contributed by atoms with Gasteiger partial charge in [0.25, 0.3) is 5.56 Å². The molecule has 27 heavy (non-hydrogen) atoms. The maximum absolute atomic E-state index is 13.4. The third-order valence-corrected chi connectivity index (χ3v) is 7.51. The van der Waals surface area contributed by atoms with Gasteiger partial charge in [0.15, 0.2) is 0 Å². The minimum Gasteiger partial charge on any atom is -0.329 e. The average Bonchev–Trinajstić information content (AvgIpc) is 2.66. The number of piperidine rings is 1. The van der Waals surface area contributed by atoms with Gasteiger partial charge in [-0.25, -0.2) is 8.42 Å². The fraction of sp³-hybridized carbons (Fsp3) is 0.550. The van der Waals surface area contributed by atoms with Crippen LogP contribution < -0.4 is 11.3 Å². The van der Waals surface area contributed by atoms with E-state index in [0.717, 1.165) is 25.7 Å². The van der Waals surface area contributed by atoms with Gasteiger partial charge in [-0.2, -0.15) is 4.31 Å². The minimum atomic E-state index is -3.77. The number of fused-ring (bicyclic) bond motifs is 1. The molecule has 1 aliphatic rings. The molecule has 3 rings (SSSR count). The maximum Gasteiger partial charge on any atom is 0.255 e. The molecule has 0 saturated carbocycles. The Morgan fingerprint density at radius 2 is 2.00 bits per heavy atom. The molecule has 0 amide bonds. The molecule has 7 heteroatoms. The van der Waals surface area contributed by atoms with E-state index in [1.54, 1.807) is 24.3 Å². The Bertz CT molecular complexity index is 939. The second-order valence-electron chi connectivity index (χ2n) is 7.38. The lowest BCUT2D eigenvalue weighted by Crippen LogP contribution is -2.53. The zero-order chi connectivity index (χ0) is 19.4. The van der Waals surface area contributed by atoms with Gasteiger partial charge in [-0.15, -0.1) is 0 Å². The molecule has 1 fully saturated rings. The number of aromatic amines is 1. The molecule has 3 N–H and O–H groups in total. The third kappa shape index (κ3) is 4.10. The molecule has 2 atom stereocenters. The molecule has 148 valence electrons.